The number of nitrogens with zero attached hydrogens (tertiary/aromatic N) is 3. The SMILES string of the molecule is CN1C(=O)C(=Cc2ccc(N(c3ccccc3)c3ccc(Cl)c4ccccc34)[se]2)C(=O)N(C)C1=S. The fourth-order valence-corrected chi connectivity index (χ4v) is 6.52. The second-order valence-electron chi connectivity index (χ2n) is 8.03. The van der Waals surface area contributed by atoms with Gasteiger partial charge in [0.25, 0.3) is 0 Å². The monoisotopic (exact) mass is 565 g/mol. The molecule has 5 rings (SSSR count). The molecule has 1 aliphatic rings. The number of carbonyl (C=O) groups excluding carboxylic acids is 2. The minimum atomic E-state index is -0.383. The van der Waals surface area contributed by atoms with Gasteiger partial charge in [-0.15, -0.1) is 0 Å². The van der Waals surface area contributed by atoms with Crippen molar-refractivity contribution in [1.82, 2.24) is 9.80 Å². The van der Waals surface area contributed by atoms with Crippen LogP contribution in [0.1, 0.15) is 4.44 Å². The molecule has 0 unspecified atom stereocenters. The molecule has 0 saturated carbocycles. The molecule has 35 heavy (non-hydrogen) atoms. The van der Waals surface area contributed by atoms with Crippen LogP contribution in [-0.4, -0.2) is 55.3 Å². The average molecular weight is 565 g/mol. The molecule has 0 radical (unpaired) electrons. The zero-order chi connectivity index (χ0) is 24.7. The van der Waals surface area contributed by atoms with E-state index in [0.717, 1.165) is 31.1 Å². The fourth-order valence-electron chi connectivity index (χ4n) is 4.06. The van der Waals surface area contributed by atoms with Crippen LogP contribution in [0.25, 0.3) is 16.8 Å². The van der Waals surface area contributed by atoms with Crippen molar-refractivity contribution < 1.29 is 9.59 Å². The Morgan fingerprint density at radius 1 is 0.829 bits per heavy atom. The molecule has 0 bridgehead atoms. The summed E-state index contributed by atoms with van der Waals surface area (Å²) in [5, 5.41) is 2.93. The van der Waals surface area contributed by atoms with Crippen molar-refractivity contribution in [3.05, 3.63) is 93.9 Å². The standard InChI is InChI=1S/C27H20ClN3O2SSe/c1-29-25(32)21(26(33)30(2)27(29)34)16-18-12-15-24(35-18)31(17-8-4-3-5-9-17)23-14-13-22(28)19-10-6-7-11-20(19)23/h3-16H,1-2H3. The van der Waals surface area contributed by atoms with Crippen LogP contribution in [0.3, 0.4) is 0 Å². The van der Waals surface area contributed by atoms with Gasteiger partial charge in [0.2, 0.25) is 0 Å². The Morgan fingerprint density at radius 3 is 2.14 bits per heavy atom. The van der Waals surface area contributed by atoms with Crippen molar-refractivity contribution in [2.75, 3.05) is 19.0 Å². The first-order valence-corrected chi connectivity index (χ1v) is 13.3. The molecule has 0 aliphatic carbocycles. The molecule has 0 N–H and O–H groups in total. The number of thiocarbonyl (C=S) groups is 1. The van der Waals surface area contributed by atoms with E-state index < -0.39 is 0 Å². The summed E-state index contributed by atoms with van der Waals surface area (Å²) in [6.07, 6.45) is 1.70. The molecule has 1 saturated heterocycles. The topological polar surface area (TPSA) is 43.9 Å². The third-order valence-electron chi connectivity index (χ3n) is 5.87. The summed E-state index contributed by atoms with van der Waals surface area (Å²) in [6.45, 7) is 0. The predicted octanol–water partition coefficient (Wildman–Crippen LogP) is 5.62. The van der Waals surface area contributed by atoms with Gasteiger partial charge in [0.05, 0.1) is 0 Å². The number of benzene rings is 3. The number of rotatable bonds is 4. The third kappa shape index (κ3) is 4.21. The van der Waals surface area contributed by atoms with E-state index in [2.05, 4.69) is 29.2 Å². The Morgan fingerprint density at radius 2 is 1.46 bits per heavy atom. The van der Waals surface area contributed by atoms with E-state index in [4.69, 9.17) is 23.8 Å². The van der Waals surface area contributed by atoms with Gasteiger partial charge in [0.1, 0.15) is 0 Å². The summed E-state index contributed by atoms with van der Waals surface area (Å²) in [7, 11) is 3.17. The maximum absolute atomic E-state index is 12.8. The van der Waals surface area contributed by atoms with Gasteiger partial charge in [0.15, 0.2) is 0 Å². The summed E-state index contributed by atoms with van der Waals surface area (Å²) in [4.78, 5) is 30.4. The number of fused-ring (bicyclic) bond motifs is 1. The van der Waals surface area contributed by atoms with Crippen LogP contribution in [-0.2, 0) is 9.59 Å². The minimum absolute atomic E-state index is 0.120. The van der Waals surface area contributed by atoms with Crippen molar-refractivity contribution in [1.29, 1.82) is 0 Å². The molecular weight excluding hydrogens is 545 g/mol. The summed E-state index contributed by atoms with van der Waals surface area (Å²) in [5.74, 6) is -0.765. The van der Waals surface area contributed by atoms with E-state index in [1.165, 1.54) is 9.80 Å². The molecule has 174 valence electrons. The van der Waals surface area contributed by atoms with E-state index in [1.54, 1.807) is 20.2 Å². The Balaban J connectivity index is 1.63. The first-order valence-electron chi connectivity index (χ1n) is 10.8. The van der Waals surface area contributed by atoms with E-state index in [0.29, 0.717) is 5.02 Å². The summed E-state index contributed by atoms with van der Waals surface area (Å²) < 4.78 is 2.01. The van der Waals surface area contributed by atoms with Gasteiger partial charge < -0.3 is 0 Å². The van der Waals surface area contributed by atoms with Crippen LogP contribution in [0.4, 0.5) is 15.9 Å². The number of hydrogen-bond acceptors (Lipinski definition) is 4. The molecule has 3 aromatic carbocycles. The van der Waals surface area contributed by atoms with Crippen molar-refractivity contribution >= 4 is 88.0 Å². The second kappa shape index (κ2) is 9.44. The molecular formula is C27H20ClN3O2SSe. The third-order valence-corrected chi connectivity index (χ3v) is 8.88. The Hall–Kier alpha value is -3.22. The number of amides is 2. The van der Waals surface area contributed by atoms with Crippen LogP contribution in [0.5, 0.6) is 0 Å². The van der Waals surface area contributed by atoms with Gasteiger partial charge in [-0.2, -0.15) is 0 Å². The Bertz CT molecular complexity index is 1490. The van der Waals surface area contributed by atoms with Gasteiger partial charge in [-0.05, 0) is 0 Å². The van der Waals surface area contributed by atoms with Crippen molar-refractivity contribution in [2.24, 2.45) is 0 Å². The molecule has 1 aliphatic heterocycles. The van der Waals surface area contributed by atoms with Gasteiger partial charge in [-0.1, -0.05) is 0 Å². The van der Waals surface area contributed by atoms with Gasteiger partial charge in [0, 0.05) is 0 Å². The zero-order valence-electron chi connectivity index (χ0n) is 18.9. The number of halogens is 1. The van der Waals surface area contributed by atoms with Crippen LogP contribution in [0.2, 0.25) is 5.02 Å². The quantitative estimate of drug-likeness (QED) is 0.140. The summed E-state index contributed by atoms with van der Waals surface area (Å²) in [6, 6.07) is 26.2. The van der Waals surface area contributed by atoms with E-state index in [-0.39, 0.29) is 37.0 Å². The Kier molecular flexibility index (Phi) is 6.34. The molecule has 0 spiro atoms. The number of para-hydroxylation sites is 1. The first-order chi connectivity index (χ1) is 16.9. The molecule has 1 fully saturated rings. The molecule has 0 atom stereocenters. The number of likely N-dealkylation sites (N-methyl/N-ethyl adjacent to an activating group) is 2. The van der Waals surface area contributed by atoms with Gasteiger partial charge in [-0.3, -0.25) is 0 Å². The van der Waals surface area contributed by atoms with Crippen molar-refractivity contribution in [3.8, 4) is 0 Å². The predicted molar refractivity (Wildman–Crippen MR) is 147 cm³/mol. The summed E-state index contributed by atoms with van der Waals surface area (Å²) >= 11 is 11.5. The second-order valence-corrected chi connectivity index (χ2v) is 11.1. The van der Waals surface area contributed by atoms with Crippen LogP contribution >= 0.6 is 23.8 Å². The van der Waals surface area contributed by atoms with Crippen LogP contribution < -0.4 is 4.90 Å². The zero-order valence-corrected chi connectivity index (χ0v) is 22.2. The maximum atomic E-state index is 12.8. The van der Waals surface area contributed by atoms with Crippen LogP contribution in [0, 0.1) is 0 Å². The van der Waals surface area contributed by atoms with E-state index in [1.807, 2.05) is 54.6 Å². The number of hydrogen-bond donors (Lipinski definition) is 0. The van der Waals surface area contributed by atoms with E-state index in [9.17, 15) is 9.59 Å². The molecule has 2 heterocycles. The average Bonchev–Trinajstić information content (AvgIpc) is 3.34. The molecule has 8 heteroatoms. The summed E-state index contributed by atoms with van der Waals surface area (Å²) in [5.41, 5.74) is 2.15. The first kappa shape index (κ1) is 23.5. The molecule has 1 aromatic heterocycles. The molecule has 5 nitrogen and oxygen atoms in total. The van der Waals surface area contributed by atoms with Gasteiger partial charge in [-0.25, -0.2) is 0 Å². The number of anilines is 3. The Labute approximate surface area is 219 Å². The molecule has 2 amide bonds. The normalized spacial score (nSPS) is 14.1. The van der Waals surface area contributed by atoms with Crippen molar-refractivity contribution in [3.63, 3.8) is 0 Å². The fraction of sp³-hybridized carbons (Fsp3) is 0.0741. The van der Waals surface area contributed by atoms with Crippen LogP contribution in [0.15, 0.2) is 84.4 Å². The number of carbonyl (C=O) groups is 2. The van der Waals surface area contributed by atoms with Gasteiger partial charge >= 0.3 is 220 Å². The van der Waals surface area contributed by atoms with Crippen molar-refractivity contribution in [2.45, 2.75) is 0 Å². The molecule has 4 aromatic rings. The van der Waals surface area contributed by atoms with E-state index >= 15 is 0 Å².